The van der Waals surface area contributed by atoms with Gasteiger partial charge in [0.1, 0.15) is 6.10 Å². The Balaban J connectivity index is 2.00. The molecule has 0 saturated carbocycles. The predicted octanol–water partition coefficient (Wildman–Crippen LogP) is 0.994. The van der Waals surface area contributed by atoms with Gasteiger partial charge in [-0.15, -0.1) is 0 Å². The topological polar surface area (TPSA) is 86.6 Å². The molecule has 2 rings (SSSR count). The molecule has 3 N–H and O–H groups in total. The van der Waals surface area contributed by atoms with Crippen LogP contribution in [0.15, 0.2) is 18.2 Å². The summed E-state index contributed by atoms with van der Waals surface area (Å²) in [4.78, 5) is 22.2. The number of hydrogen-bond acceptors (Lipinski definition) is 5. The largest absolute Gasteiger partial charge is 0.390 e. The minimum absolute atomic E-state index is 0.00573. The average Bonchev–Trinajstić information content (AvgIpc) is 2.78. The van der Waals surface area contributed by atoms with Crippen LogP contribution < -0.4 is 5.32 Å². The monoisotopic (exact) mass is 295 g/mol. The normalized spacial score (nSPS) is 16.4. The van der Waals surface area contributed by atoms with Crippen LogP contribution in [-0.4, -0.2) is 33.1 Å². The maximum atomic E-state index is 11.4. The molecule has 5 nitrogen and oxygen atoms in total. The predicted molar refractivity (Wildman–Crippen MR) is 76.3 cm³/mol. The first-order valence-corrected chi connectivity index (χ1v) is 7.38. The molecule has 0 radical (unpaired) electrons. The number of thioether (sulfide) groups is 1. The smallest absolute Gasteiger partial charge is 0.251 e. The standard InChI is InChI=1S/C14H17NO4S/c1-8(16)20-5-4-12(17)13(18)9-2-3-11-10(6-9)7-15-14(11)19/h2-3,6,12-13,17-18H,4-5,7H2,1H3,(H,15,19). The SMILES string of the molecule is CC(=O)SCCC(O)C(O)c1ccc2c(c1)CNC2=O. The van der Waals surface area contributed by atoms with Gasteiger partial charge in [-0.05, 0) is 23.6 Å². The lowest BCUT2D eigenvalue weighted by molar-refractivity contribution is -0.109. The molecule has 0 bridgehead atoms. The molecule has 0 aromatic heterocycles. The van der Waals surface area contributed by atoms with Crippen molar-refractivity contribution in [1.29, 1.82) is 0 Å². The van der Waals surface area contributed by atoms with Crippen LogP contribution in [0.5, 0.6) is 0 Å². The summed E-state index contributed by atoms with van der Waals surface area (Å²) < 4.78 is 0. The van der Waals surface area contributed by atoms with Gasteiger partial charge in [0.15, 0.2) is 5.12 Å². The summed E-state index contributed by atoms with van der Waals surface area (Å²) in [5.74, 6) is 0.359. The highest BCUT2D eigenvalue weighted by molar-refractivity contribution is 8.13. The van der Waals surface area contributed by atoms with E-state index >= 15 is 0 Å². The molecule has 1 aromatic rings. The first-order chi connectivity index (χ1) is 9.49. The highest BCUT2D eigenvalue weighted by Gasteiger charge is 2.23. The Kier molecular flexibility index (Phi) is 4.80. The van der Waals surface area contributed by atoms with E-state index in [1.165, 1.54) is 6.92 Å². The Hall–Kier alpha value is -1.37. The van der Waals surface area contributed by atoms with Gasteiger partial charge in [0.05, 0.1) is 6.10 Å². The lowest BCUT2D eigenvalue weighted by atomic mass is 9.98. The van der Waals surface area contributed by atoms with E-state index in [4.69, 9.17) is 0 Å². The quantitative estimate of drug-likeness (QED) is 0.754. The van der Waals surface area contributed by atoms with Crippen LogP contribution in [0, 0.1) is 0 Å². The van der Waals surface area contributed by atoms with Crippen LogP contribution in [0.25, 0.3) is 0 Å². The van der Waals surface area contributed by atoms with Gasteiger partial charge in [0.25, 0.3) is 5.91 Å². The lowest BCUT2D eigenvalue weighted by Gasteiger charge is -2.18. The third-order valence-corrected chi connectivity index (χ3v) is 4.08. The molecule has 0 fully saturated rings. The minimum Gasteiger partial charge on any atom is -0.390 e. The van der Waals surface area contributed by atoms with E-state index in [9.17, 15) is 19.8 Å². The molecule has 2 atom stereocenters. The molecule has 1 aliphatic heterocycles. The summed E-state index contributed by atoms with van der Waals surface area (Å²) in [7, 11) is 0. The Labute approximate surface area is 121 Å². The maximum absolute atomic E-state index is 11.4. The highest BCUT2D eigenvalue weighted by Crippen LogP contribution is 2.25. The number of aliphatic hydroxyl groups is 2. The van der Waals surface area contributed by atoms with Crippen molar-refractivity contribution in [1.82, 2.24) is 5.32 Å². The van der Waals surface area contributed by atoms with E-state index in [-0.39, 0.29) is 11.0 Å². The summed E-state index contributed by atoms with van der Waals surface area (Å²) in [5.41, 5.74) is 2.03. The summed E-state index contributed by atoms with van der Waals surface area (Å²) in [6, 6.07) is 5.04. The van der Waals surface area contributed by atoms with Crippen molar-refractivity contribution >= 4 is 22.8 Å². The molecule has 1 heterocycles. The molecule has 0 aliphatic carbocycles. The van der Waals surface area contributed by atoms with Gasteiger partial charge in [-0.3, -0.25) is 9.59 Å². The van der Waals surface area contributed by atoms with E-state index < -0.39 is 12.2 Å². The fourth-order valence-electron chi connectivity index (χ4n) is 2.14. The third-order valence-electron chi connectivity index (χ3n) is 3.24. The fourth-order valence-corrected chi connectivity index (χ4v) is 2.79. The number of nitrogens with one attached hydrogen (secondary N) is 1. The van der Waals surface area contributed by atoms with Crippen LogP contribution in [0.2, 0.25) is 0 Å². The Morgan fingerprint density at radius 3 is 2.90 bits per heavy atom. The van der Waals surface area contributed by atoms with Crippen LogP contribution in [0.1, 0.15) is 40.9 Å². The van der Waals surface area contributed by atoms with Crippen molar-refractivity contribution in [2.24, 2.45) is 0 Å². The van der Waals surface area contributed by atoms with Crippen LogP contribution in [0.3, 0.4) is 0 Å². The molecular weight excluding hydrogens is 278 g/mol. The van der Waals surface area contributed by atoms with Gasteiger partial charge < -0.3 is 15.5 Å². The van der Waals surface area contributed by atoms with Gasteiger partial charge in [-0.1, -0.05) is 23.9 Å². The molecular formula is C14H17NO4S. The number of fused-ring (bicyclic) bond motifs is 1. The second-order valence-electron chi connectivity index (χ2n) is 4.74. The van der Waals surface area contributed by atoms with Gasteiger partial charge >= 0.3 is 0 Å². The zero-order chi connectivity index (χ0) is 14.7. The van der Waals surface area contributed by atoms with E-state index in [0.717, 1.165) is 17.3 Å². The van der Waals surface area contributed by atoms with E-state index in [1.807, 2.05) is 0 Å². The summed E-state index contributed by atoms with van der Waals surface area (Å²) >= 11 is 1.13. The Morgan fingerprint density at radius 2 is 2.20 bits per heavy atom. The first kappa shape index (κ1) is 15.0. The van der Waals surface area contributed by atoms with Crippen molar-refractivity contribution in [2.45, 2.75) is 32.1 Å². The number of rotatable bonds is 5. The zero-order valence-electron chi connectivity index (χ0n) is 11.1. The molecule has 2 unspecified atom stereocenters. The third kappa shape index (κ3) is 3.39. The number of benzene rings is 1. The minimum atomic E-state index is -1.01. The van der Waals surface area contributed by atoms with Crippen LogP contribution in [-0.2, 0) is 11.3 Å². The van der Waals surface area contributed by atoms with Crippen molar-refractivity contribution in [3.63, 3.8) is 0 Å². The Morgan fingerprint density at radius 1 is 1.45 bits per heavy atom. The molecule has 6 heteroatoms. The summed E-state index contributed by atoms with van der Waals surface area (Å²) in [5, 5.41) is 22.7. The second-order valence-corrected chi connectivity index (χ2v) is 6.01. The zero-order valence-corrected chi connectivity index (χ0v) is 11.9. The summed E-state index contributed by atoms with van der Waals surface area (Å²) in [6.45, 7) is 1.92. The van der Waals surface area contributed by atoms with E-state index in [0.29, 0.717) is 29.8 Å². The second kappa shape index (κ2) is 6.39. The first-order valence-electron chi connectivity index (χ1n) is 6.39. The molecule has 0 spiro atoms. The van der Waals surface area contributed by atoms with Crippen LogP contribution in [0.4, 0.5) is 0 Å². The maximum Gasteiger partial charge on any atom is 0.251 e. The van der Waals surface area contributed by atoms with Crippen LogP contribution >= 0.6 is 11.8 Å². The number of amides is 1. The summed E-state index contributed by atoms with van der Waals surface area (Å²) in [6.07, 6.45) is -1.60. The molecule has 0 saturated heterocycles. The molecule has 108 valence electrons. The highest BCUT2D eigenvalue weighted by atomic mass is 32.2. The van der Waals surface area contributed by atoms with Gasteiger partial charge in [0.2, 0.25) is 0 Å². The van der Waals surface area contributed by atoms with Crippen molar-refractivity contribution in [3.8, 4) is 0 Å². The number of carbonyl (C=O) groups excluding carboxylic acids is 2. The molecule has 1 aromatic carbocycles. The van der Waals surface area contributed by atoms with Gasteiger partial charge in [-0.2, -0.15) is 0 Å². The van der Waals surface area contributed by atoms with Crippen molar-refractivity contribution < 1.29 is 19.8 Å². The van der Waals surface area contributed by atoms with E-state index in [1.54, 1.807) is 18.2 Å². The van der Waals surface area contributed by atoms with Gasteiger partial charge in [0, 0.05) is 24.8 Å². The molecule has 20 heavy (non-hydrogen) atoms. The van der Waals surface area contributed by atoms with Gasteiger partial charge in [-0.25, -0.2) is 0 Å². The molecule has 1 amide bonds. The fraction of sp³-hybridized carbons (Fsp3) is 0.429. The molecule has 1 aliphatic rings. The van der Waals surface area contributed by atoms with E-state index in [2.05, 4.69) is 5.32 Å². The van der Waals surface area contributed by atoms with Crippen molar-refractivity contribution in [2.75, 3.05) is 5.75 Å². The Bertz CT molecular complexity index is 532. The average molecular weight is 295 g/mol. The number of carbonyl (C=O) groups is 2. The number of aliphatic hydroxyl groups excluding tert-OH is 2. The lowest BCUT2D eigenvalue weighted by Crippen LogP contribution is -2.19. The van der Waals surface area contributed by atoms with Crippen molar-refractivity contribution in [3.05, 3.63) is 34.9 Å². The number of hydrogen-bond donors (Lipinski definition) is 3.